The summed E-state index contributed by atoms with van der Waals surface area (Å²) in [5, 5.41) is 23.3. The van der Waals surface area contributed by atoms with Gasteiger partial charge in [-0.3, -0.25) is 9.59 Å². The molecular weight excluding hydrogens is 337 g/mol. The van der Waals surface area contributed by atoms with E-state index in [1.165, 1.54) is 30.3 Å². The highest BCUT2D eigenvalue weighted by Gasteiger charge is 2.56. The highest BCUT2D eigenvalue weighted by molar-refractivity contribution is 6.01. The molecule has 0 unspecified atom stereocenters. The fraction of sp³-hybridized carbons (Fsp3) is 0.211. The summed E-state index contributed by atoms with van der Waals surface area (Å²) in [5.41, 5.74) is 3.51. The summed E-state index contributed by atoms with van der Waals surface area (Å²) < 4.78 is 14.4. The predicted octanol–water partition coefficient (Wildman–Crippen LogP) is 1.13. The number of carbonyl (C=O) groups excluding carboxylic acids is 2. The molecule has 0 aliphatic carbocycles. The van der Waals surface area contributed by atoms with Crippen LogP contribution in [0.5, 0.6) is 0 Å². The third-order valence-corrected chi connectivity index (χ3v) is 4.69. The SMILES string of the molecule is N#C[C@H]1[C@H](c2ccccc2F)[C@H](C(N)=O)C(=O)N[C@]1(O)c1ccccc1. The Morgan fingerprint density at radius 3 is 2.38 bits per heavy atom. The van der Waals surface area contributed by atoms with Crippen LogP contribution >= 0.6 is 0 Å². The first-order chi connectivity index (χ1) is 12.4. The summed E-state index contributed by atoms with van der Waals surface area (Å²) in [6.07, 6.45) is 0. The maximum Gasteiger partial charge on any atom is 0.235 e. The van der Waals surface area contributed by atoms with Crippen molar-refractivity contribution in [2.24, 2.45) is 17.6 Å². The van der Waals surface area contributed by atoms with E-state index < -0.39 is 41.1 Å². The molecule has 1 fully saturated rings. The van der Waals surface area contributed by atoms with Crippen LogP contribution in [0, 0.1) is 29.0 Å². The van der Waals surface area contributed by atoms with Crippen LogP contribution in [0.3, 0.4) is 0 Å². The molecule has 1 heterocycles. The number of nitrogens with zero attached hydrogens (tertiary/aromatic N) is 1. The Labute approximate surface area is 149 Å². The first kappa shape index (κ1) is 17.6. The third-order valence-electron chi connectivity index (χ3n) is 4.69. The Kier molecular flexibility index (Phi) is 4.45. The summed E-state index contributed by atoms with van der Waals surface area (Å²) in [7, 11) is 0. The van der Waals surface area contributed by atoms with Crippen molar-refractivity contribution in [1.82, 2.24) is 5.32 Å². The number of halogens is 1. The minimum Gasteiger partial charge on any atom is -0.369 e. The van der Waals surface area contributed by atoms with Gasteiger partial charge in [-0.05, 0) is 11.6 Å². The summed E-state index contributed by atoms with van der Waals surface area (Å²) in [6.45, 7) is 0. The number of aliphatic hydroxyl groups is 1. The standard InChI is InChI=1S/C19H16FN3O3/c20-14-9-5-4-8-12(14)15-13(10-21)19(26,11-6-2-1-3-7-11)23-18(25)16(15)17(22)24/h1-9,13,15-16,26H,(H2,22,24)(H,23,25)/t13-,15-,16+,19-/m0/s1. The van der Waals surface area contributed by atoms with Crippen LogP contribution in [0.2, 0.25) is 0 Å². The molecule has 0 bridgehead atoms. The third kappa shape index (κ3) is 2.70. The number of primary amides is 1. The molecule has 1 aliphatic rings. The number of hydrogen-bond acceptors (Lipinski definition) is 4. The van der Waals surface area contributed by atoms with Gasteiger partial charge in [0.05, 0.1) is 6.07 Å². The maximum atomic E-state index is 14.4. The van der Waals surface area contributed by atoms with Gasteiger partial charge in [-0.25, -0.2) is 4.39 Å². The minimum atomic E-state index is -2.09. The van der Waals surface area contributed by atoms with Gasteiger partial charge in [-0.15, -0.1) is 0 Å². The van der Waals surface area contributed by atoms with E-state index in [-0.39, 0.29) is 11.1 Å². The summed E-state index contributed by atoms with van der Waals surface area (Å²) >= 11 is 0. The van der Waals surface area contributed by atoms with Crippen molar-refractivity contribution in [1.29, 1.82) is 5.26 Å². The topological polar surface area (TPSA) is 116 Å². The molecule has 2 aromatic carbocycles. The Balaban J connectivity index is 2.22. The van der Waals surface area contributed by atoms with Crippen molar-refractivity contribution >= 4 is 11.8 Å². The minimum absolute atomic E-state index is 0.0212. The lowest BCUT2D eigenvalue weighted by Gasteiger charge is -2.44. The largest absolute Gasteiger partial charge is 0.369 e. The number of nitrogens with two attached hydrogens (primary N) is 1. The van der Waals surface area contributed by atoms with E-state index in [4.69, 9.17) is 5.73 Å². The highest BCUT2D eigenvalue weighted by atomic mass is 19.1. The van der Waals surface area contributed by atoms with Crippen molar-refractivity contribution in [3.8, 4) is 6.07 Å². The normalized spacial score (nSPS) is 28.0. The van der Waals surface area contributed by atoms with Crippen molar-refractivity contribution in [2.45, 2.75) is 11.6 Å². The van der Waals surface area contributed by atoms with Crippen molar-refractivity contribution in [3.05, 3.63) is 71.5 Å². The molecule has 7 heteroatoms. The molecule has 26 heavy (non-hydrogen) atoms. The monoisotopic (exact) mass is 353 g/mol. The molecule has 6 nitrogen and oxygen atoms in total. The number of nitriles is 1. The molecule has 2 amide bonds. The van der Waals surface area contributed by atoms with Crippen LogP contribution in [-0.2, 0) is 15.3 Å². The van der Waals surface area contributed by atoms with Crippen LogP contribution < -0.4 is 11.1 Å². The van der Waals surface area contributed by atoms with Crippen LogP contribution in [0.15, 0.2) is 54.6 Å². The van der Waals surface area contributed by atoms with Gasteiger partial charge in [0.1, 0.15) is 17.7 Å². The van der Waals surface area contributed by atoms with Gasteiger partial charge in [0.2, 0.25) is 11.8 Å². The van der Waals surface area contributed by atoms with Crippen molar-refractivity contribution in [2.75, 3.05) is 0 Å². The molecule has 0 saturated carbocycles. The Morgan fingerprint density at radius 1 is 1.19 bits per heavy atom. The average molecular weight is 353 g/mol. The maximum absolute atomic E-state index is 14.4. The average Bonchev–Trinajstić information content (AvgIpc) is 2.62. The van der Waals surface area contributed by atoms with E-state index in [0.717, 1.165) is 6.07 Å². The zero-order valence-corrected chi connectivity index (χ0v) is 13.6. The van der Waals surface area contributed by atoms with Crippen LogP contribution in [-0.4, -0.2) is 16.9 Å². The molecule has 3 rings (SSSR count). The number of hydrogen-bond donors (Lipinski definition) is 3. The van der Waals surface area contributed by atoms with Gasteiger partial charge in [-0.2, -0.15) is 5.26 Å². The molecule has 0 spiro atoms. The molecular formula is C19H16FN3O3. The zero-order chi connectivity index (χ0) is 18.9. The molecule has 0 radical (unpaired) electrons. The van der Waals surface area contributed by atoms with Crippen LogP contribution in [0.4, 0.5) is 4.39 Å². The van der Waals surface area contributed by atoms with Gasteiger partial charge in [0.15, 0.2) is 5.72 Å². The van der Waals surface area contributed by atoms with Crippen molar-refractivity contribution < 1.29 is 19.1 Å². The van der Waals surface area contributed by atoms with Gasteiger partial charge in [-0.1, -0.05) is 48.5 Å². The lowest BCUT2D eigenvalue weighted by atomic mass is 9.67. The molecule has 1 aliphatic heterocycles. The molecule has 4 atom stereocenters. The van der Waals surface area contributed by atoms with Gasteiger partial charge >= 0.3 is 0 Å². The Bertz CT molecular complexity index is 896. The molecule has 1 saturated heterocycles. The van der Waals surface area contributed by atoms with E-state index in [0.29, 0.717) is 0 Å². The number of amides is 2. The fourth-order valence-electron chi connectivity index (χ4n) is 3.49. The molecule has 2 aromatic rings. The second-order valence-electron chi connectivity index (χ2n) is 6.16. The number of nitrogens with one attached hydrogen (secondary N) is 1. The fourth-order valence-corrected chi connectivity index (χ4v) is 3.49. The Morgan fingerprint density at radius 2 is 1.81 bits per heavy atom. The second kappa shape index (κ2) is 6.58. The van der Waals surface area contributed by atoms with E-state index >= 15 is 0 Å². The number of benzene rings is 2. The first-order valence-corrected chi connectivity index (χ1v) is 7.93. The number of carbonyl (C=O) groups is 2. The molecule has 0 aromatic heterocycles. The Hall–Kier alpha value is -3.24. The lowest BCUT2D eigenvalue weighted by Crippen LogP contribution is -2.62. The van der Waals surface area contributed by atoms with Crippen molar-refractivity contribution in [3.63, 3.8) is 0 Å². The smallest absolute Gasteiger partial charge is 0.235 e. The highest BCUT2D eigenvalue weighted by Crippen LogP contribution is 2.45. The predicted molar refractivity (Wildman–Crippen MR) is 89.4 cm³/mol. The number of rotatable bonds is 3. The van der Waals surface area contributed by atoms with Gasteiger partial charge < -0.3 is 16.2 Å². The van der Waals surface area contributed by atoms with Gasteiger partial charge in [0.25, 0.3) is 0 Å². The second-order valence-corrected chi connectivity index (χ2v) is 6.16. The van der Waals surface area contributed by atoms with E-state index in [9.17, 15) is 24.3 Å². The molecule has 4 N–H and O–H groups in total. The summed E-state index contributed by atoms with van der Waals surface area (Å²) in [5.74, 6) is -6.60. The summed E-state index contributed by atoms with van der Waals surface area (Å²) in [6, 6.07) is 15.5. The molecule has 132 valence electrons. The van der Waals surface area contributed by atoms with Crippen LogP contribution in [0.1, 0.15) is 17.0 Å². The lowest BCUT2D eigenvalue weighted by molar-refractivity contribution is -0.153. The van der Waals surface area contributed by atoms with E-state index in [1.807, 2.05) is 6.07 Å². The summed E-state index contributed by atoms with van der Waals surface area (Å²) in [4.78, 5) is 24.5. The zero-order valence-electron chi connectivity index (χ0n) is 13.6. The van der Waals surface area contributed by atoms with E-state index in [1.54, 1.807) is 18.2 Å². The quantitative estimate of drug-likeness (QED) is 0.717. The van der Waals surface area contributed by atoms with Crippen LogP contribution in [0.25, 0.3) is 0 Å². The first-order valence-electron chi connectivity index (χ1n) is 7.93. The van der Waals surface area contributed by atoms with Gasteiger partial charge in [0, 0.05) is 11.5 Å². The number of piperidine rings is 1. The van der Waals surface area contributed by atoms with E-state index in [2.05, 4.69) is 5.32 Å².